The summed E-state index contributed by atoms with van der Waals surface area (Å²) in [6.45, 7) is 0.759. The highest BCUT2D eigenvalue weighted by Crippen LogP contribution is 2.31. The number of carbonyl (C=O) groups is 1. The van der Waals surface area contributed by atoms with Crippen molar-refractivity contribution >= 4 is 11.8 Å². The van der Waals surface area contributed by atoms with Crippen LogP contribution in [-0.4, -0.2) is 29.6 Å². The first-order chi connectivity index (χ1) is 11.8. The number of hydrogen-bond acceptors (Lipinski definition) is 3. The lowest BCUT2D eigenvalue weighted by Crippen LogP contribution is -2.38. The molecule has 2 heterocycles. The second-order valence-corrected chi connectivity index (χ2v) is 5.98. The first-order valence-corrected chi connectivity index (χ1v) is 8.40. The molecule has 0 spiro atoms. The molecule has 1 aromatic carbocycles. The number of methoxy groups -OCH3 is 1. The van der Waals surface area contributed by atoms with Gasteiger partial charge in [0.1, 0.15) is 11.6 Å². The van der Waals surface area contributed by atoms with Crippen molar-refractivity contribution in [1.82, 2.24) is 9.88 Å². The second-order valence-electron chi connectivity index (χ2n) is 5.98. The van der Waals surface area contributed by atoms with E-state index < -0.39 is 0 Å². The Bertz CT molecular complexity index is 658. The summed E-state index contributed by atoms with van der Waals surface area (Å²) in [5.74, 6) is 1.41. The highest BCUT2D eigenvalue weighted by atomic mass is 16.5. The van der Waals surface area contributed by atoms with Crippen molar-refractivity contribution < 1.29 is 9.53 Å². The van der Waals surface area contributed by atoms with Crippen LogP contribution in [0.25, 0.3) is 0 Å². The maximum absolute atomic E-state index is 12.8. The van der Waals surface area contributed by atoms with Crippen molar-refractivity contribution in [3.8, 4) is 5.75 Å². The molecule has 1 fully saturated rings. The molecule has 3 rings (SSSR count). The van der Waals surface area contributed by atoms with Gasteiger partial charge in [0, 0.05) is 12.7 Å². The fraction of sp³-hybridized carbons (Fsp3) is 0.368. The smallest absolute Gasteiger partial charge is 0.323 e. The van der Waals surface area contributed by atoms with Gasteiger partial charge in [0.2, 0.25) is 0 Å². The van der Waals surface area contributed by atoms with Gasteiger partial charge in [0.25, 0.3) is 0 Å². The lowest BCUT2D eigenvalue weighted by molar-refractivity contribution is 0.189. The van der Waals surface area contributed by atoms with Crippen molar-refractivity contribution in [2.24, 2.45) is 0 Å². The molecular weight excluding hydrogens is 302 g/mol. The minimum atomic E-state index is -0.0866. The molecule has 0 saturated carbocycles. The van der Waals surface area contributed by atoms with Crippen LogP contribution in [0.3, 0.4) is 0 Å². The quantitative estimate of drug-likeness (QED) is 0.918. The molecule has 1 aliphatic rings. The summed E-state index contributed by atoms with van der Waals surface area (Å²) in [6, 6.07) is 13.5. The largest absolute Gasteiger partial charge is 0.497 e. The summed E-state index contributed by atoms with van der Waals surface area (Å²) in [6.07, 6.45) is 5.97. The van der Waals surface area contributed by atoms with Gasteiger partial charge in [-0.25, -0.2) is 9.78 Å². The molecule has 1 N–H and O–H groups in total. The number of rotatable bonds is 3. The summed E-state index contributed by atoms with van der Waals surface area (Å²) >= 11 is 0. The average molecular weight is 325 g/mol. The second kappa shape index (κ2) is 7.81. The fourth-order valence-corrected chi connectivity index (χ4v) is 3.14. The lowest BCUT2D eigenvalue weighted by atomic mass is 10.0. The number of ether oxygens (including phenoxy) is 1. The maximum atomic E-state index is 12.8. The van der Waals surface area contributed by atoms with Crippen molar-refractivity contribution in [2.45, 2.75) is 31.7 Å². The van der Waals surface area contributed by atoms with Gasteiger partial charge in [0.15, 0.2) is 0 Å². The van der Waals surface area contributed by atoms with Gasteiger partial charge in [-0.15, -0.1) is 0 Å². The predicted molar refractivity (Wildman–Crippen MR) is 94.2 cm³/mol. The number of hydrogen-bond donors (Lipinski definition) is 1. The van der Waals surface area contributed by atoms with Crippen LogP contribution in [0.1, 0.15) is 37.3 Å². The third-order valence-corrected chi connectivity index (χ3v) is 4.41. The van der Waals surface area contributed by atoms with E-state index in [1.807, 2.05) is 29.2 Å². The van der Waals surface area contributed by atoms with E-state index in [1.54, 1.807) is 19.4 Å². The number of anilines is 1. The SMILES string of the molecule is COc1ccc([C@@H]2CCCCCN2C(=O)Nc2ccccn2)cc1. The van der Waals surface area contributed by atoms with Crippen LogP contribution in [0.5, 0.6) is 5.75 Å². The van der Waals surface area contributed by atoms with Crippen molar-refractivity contribution in [3.63, 3.8) is 0 Å². The minimum Gasteiger partial charge on any atom is -0.497 e. The zero-order chi connectivity index (χ0) is 16.8. The zero-order valence-corrected chi connectivity index (χ0v) is 13.9. The fourth-order valence-electron chi connectivity index (χ4n) is 3.14. The molecule has 5 nitrogen and oxygen atoms in total. The number of carbonyl (C=O) groups excluding carboxylic acids is 1. The summed E-state index contributed by atoms with van der Waals surface area (Å²) < 4.78 is 5.23. The van der Waals surface area contributed by atoms with Crippen LogP contribution in [-0.2, 0) is 0 Å². The van der Waals surface area contributed by atoms with Gasteiger partial charge >= 0.3 is 6.03 Å². The van der Waals surface area contributed by atoms with Gasteiger partial charge in [-0.05, 0) is 42.7 Å². The Labute approximate surface area is 142 Å². The lowest BCUT2D eigenvalue weighted by Gasteiger charge is -2.30. The molecule has 0 bridgehead atoms. The number of benzene rings is 1. The number of likely N-dealkylation sites (tertiary alicyclic amines) is 1. The summed E-state index contributed by atoms with van der Waals surface area (Å²) in [5, 5.41) is 2.91. The summed E-state index contributed by atoms with van der Waals surface area (Å²) in [7, 11) is 1.66. The third kappa shape index (κ3) is 3.85. The van der Waals surface area contributed by atoms with E-state index in [4.69, 9.17) is 4.74 Å². The first-order valence-electron chi connectivity index (χ1n) is 8.40. The van der Waals surface area contributed by atoms with Gasteiger partial charge < -0.3 is 9.64 Å². The molecule has 5 heteroatoms. The Morgan fingerprint density at radius 3 is 2.71 bits per heavy atom. The van der Waals surface area contributed by atoms with Gasteiger partial charge in [-0.1, -0.05) is 31.0 Å². The Kier molecular flexibility index (Phi) is 5.31. The molecule has 2 aromatic rings. The summed E-state index contributed by atoms with van der Waals surface area (Å²) in [5.41, 5.74) is 1.15. The van der Waals surface area contributed by atoms with E-state index >= 15 is 0 Å². The normalized spacial score (nSPS) is 17.9. The number of nitrogens with zero attached hydrogens (tertiary/aromatic N) is 2. The standard InChI is InChI=1S/C19H23N3O2/c1-24-16-11-9-15(10-12-16)17-7-3-2-6-14-22(17)19(23)21-18-8-4-5-13-20-18/h4-5,8-13,17H,2-3,6-7,14H2,1H3,(H,20,21,23)/t17-/m0/s1. The van der Waals surface area contributed by atoms with Crippen LogP contribution < -0.4 is 10.1 Å². The van der Waals surface area contributed by atoms with Crippen molar-refractivity contribution in [2.75, 3.05) is 19.0 Å². The first kappa shape index (κ1) is 16.3. The van der Waals surface area contributed by atoms with E-state index in [9.17, 15) is 4.79 Å². The van der Waals surface area contributed by atoms with Gasteiger partial charge in [0.05, 0.1) is 13.2 Å². The number of nitrogens with one attached hydrogen (secondary N) is 1. The number of urea groups is 1. The molecule has 126 valence electrons. The topological polar surface area (TPSA) is 54.5 Å². The Balaban J connectivity index is 1.80. The van der Waals surface area contributed by atoms with E-state index in [1.165, 1.54) is 0 Å². The van der Waals surface area contributed by atoms with Gasteiger partial charge in [-0.3, -0.25) is 5.32 Å². The van der Waals surface area contributed by atoms with Crippen molar-refractivity contribution in [3.05, 3.63) is 54.2 Å². The molecule has 0 aliphatic carbocycles. The highest BCUT2D eigenvalue weighted by molar-refractivity contribution is 5.88. The van der Waals surface area contributed by atoms with E-state index in [-0.39, 0.29) is 12.1 Å². The average Bonchev–Trinajstić information content (AvgIpc) is 2.89. The van der Waals surface area contributed by atoms with Crippen molar-refractivity contribution in [1.29, 1.82) is 0 Å². The number of pyridine rings is 1. The Morgan fingerprint density at radius 1 is 1.17 bits per heavy atom. The van der Waals surface area contributed by atoms with Crippen LogP contribution in [0.4, 0.5) is 10.6 Å². The van der Waals surface area contributed by atoms with Crippen LogP contribution >= 0.6 is 0 Å². The van der Waals surface area contributed by atoms with E-state index in [0.717, 1.165) is 43.5 Å². The number of amides is 2. The Morgan fingerprint density at radius 2 is 2.00 bits per heavy atom. The zero-order valence-electron chi connectivity index (χ0n) is 13.9. The molecule has 1 saturated heterocycles. The molecular formula is C19H23N3O2. The number of aromatic nitrogens is 1. The van der Waals surface area contributed by atoms with Crippen LogP contribution in [0.2, 0.25) is 0 Å². The third-order valence-electron chi connectivity index (χ3n) is 4.41. The molecule has 24 heavy (non-hydrogen) atoms. The molecule has 0 unspecified atom stereocenters. The molecule has 1 atom stereocenters. The van der Waals surface area contributed by atoms with E-state index in [0.29, 0.717) is 5.82 Å². The van der Waals surface area contributed by atoms with Crippen LogP contribution in [0.15, 0.2) is 48.7 Å². The Hall–Kier alpha value is -2.56. The minimum absolute atomic E-state index is 0.0853. The van der Waals surface area contributed by atoms with Gasteiger partial charge in [-0.2, -0.15) is 0 Å². The molecule has 1 aromatic heterocycles. The van der Waals surface area contributed by atoms with E-state index in [2.05, 4.69) is 22.4 Å². The monoisotopic (exact) mass is 325 g/mol. The maximum Gasteiger partial charge on any atom is 0.323 e. The van der Waals surface area contributed by atoms with Crippen LogP contribution in [0, 0.1) is 0 Å². The predicted octanol–water partition coefficient (Wildman–Crippen LogP) is 4.24. The molecule has 2 amide bonds. The highest BCUT2D eigenvalue weighted by Gasteiger charge is 2.27. The summed E-state index contributed by atoms with van der Waals surface area (Å²) in [4.78, 5) is 18.9. The molecule has 0 radical (unpaired) electrons. The molecule has 1 aliphatic heterocycles.